The molecular formula is C16H16Cl3NO. The van der Waals surface area contributed by atoms with Crippen LogP contribution in [-0.2, 0) is 6.54 Å². The maximum Gasteiger partial charge on any atom is 0.119 e. The van der Waals surface area contributed by atoms with Crippen molar-refractivity contribution >= 4 is 40.5 Å². The van der Waals surface area contributed by atoms with Crippen molar-refractivity contribution in [3.05, 3.63) is 57.0 Å². The van der Waals surface area contributed by atoms with Gasteiger partial charge in [0, 0.05) is 11.6 Å². The Morgan fingerprint density at radius 2 is 1.76 bits per heavy atom. The van der Waals surface area contributed by atoms with Gasteiger partial charge < -0.3 is 10.1 Å². The molecule has 0 saturated heterocycles. The summed E-state index contributed by atoms with van der Waals surface area (Å²) in [7, 11) is 0. The minimum absolute atomic E-state index is 0.505. The first-order chi connectivity index (χ1) is 10.1. The van der Waals surface area contributed by atoms with Crippen LogP contribution in [0.15, 0.2) is 36.4 Å². The molecule has 0 fully saturated rings. The number of hydrogen-bond acceptors (Lipinski definition) is 2. The van der Waals surface area contributed by atoms with Crippen LogP contribution in [0, 0.1) is 0 Å². The van der Waals surface area contributed by atoms with Gasteiger partial charge in [-0.1, -0.05) is 53.9 Å². The van der Waals surface area contributed by atoms with E-state index in [0.29, 0.717) is 33.9 Å². The summed E-state index contributed by atoms with van der Waals surface area (Å²) in [6.07, 6.45) is 0.985. The normalized spacial score (nSPS) is 10.5. The van der Waals surface area contributed by atoms with E-state index in [0.717, 1.165) is 17.7 Å². The first-order valence-electron chi connectivity index (χ1n) is 6.70. The molecule has 0 atom stereocenters. The van der Waals surface area contributed by atoms with Crippen LogP contribution in [0.1, 0.15) is 18.9 Å². The SMILES string of the molecule is CCCOc1cccc(CNc2c(Cl)cc(Cl)cc2Cl)c1. The van der Waals surface area contributed by atoms with Crippen LogP contribution in [-0.4, -0.2) is 6.61 Å². The molecule has 0 spiro atoms. The van der Waals surface area contributed by atoms with Crippen molar-refractivity contribution in [2.24, 2.45) is 0 Å². The van der Waals surface area contributed by atoms with Crippen molar-refractivity contribution < 1.29 is 4.74 Å². The monoisotopic (exact) mass is 343 g/mol. The van der Waals surface area contributed by atoms with E-state index in [2.05, 4.69) is 12.2 Å². The van der Waals surface area contributed by atoms with Crippen LogP contribution in [0.4, 0.5) is 5.69 Å². The Morgan fingerprint density at radius 1 is 1.05 bits per heavy atom. The fourth-order valence-electron chi connectivity index (χ4n) is 1.87. The van der Waals surface area contributed by atoms with Gasteiger partial charge in [0.1, 0.15) is 5.75 Å². The van der Waals surface area contributed by atoms with Gasteiger partial charge in [0.05, 0.1) is 22.3 Å². The lowest BCUT2D eigenvalue weighted by molar-refractivity contribution is 0.317. The summed E-state index contributed by atoms with van der Waals surface area (Å²) in [6.45, 7) is 3.39. The van der Waals surface area contributed by atoms with Crippen LogP contribution in [0.25, 0.3) is 0 Å². The maximum atomic E-state index is 6.14. The van der Waals surface area contributed by atoms with Gasteiger partial charge in [-0.05, 0) is 36.2 Å². The second kappa shape index (κ2) is 7.79. The number of ether oxygens (including phenoxy) is 1. The van der Waals surface area contributed by atoms with Gasteiger partial charge in [-0.25, -0.2) is 0 Å². The van der Waals surface area contributed by atoms with Crippen molar-refractivity contribution in [1.29, 1.82) is 0 Å². The zero-order valence-corrected chi connectivity index (χ0v) is 13.9. The molecule has 0 amide bonds. The summed E-state index contributed by atoms with van der Waals surface area (Å²) in [5.41, 5.74) is 1.77. The molecule has 0 aliphatic carbocycles. The van der Waals surface area contributed by atoms with Gasteiger partial charge in [0.2, 0.25) is 0 Å². The molecule has 2 nitrogen and oxygen atoms in total. The Morgan fingerprint density at radius 3 is 2.43 bits per heavy atom. The largest absolute Gasteiger partial charge is 0.494 e. The summed E-state index contributed by atoms with van der Waals surface area (Å²) in [5, 5.41) is 4.76. The van der Waals surface area contributed by atoms with Crippen molar-refractivity contribution in [3.8, 4) is 5.75 Å². The highest BCUT2D eigenvalue weighted by Crippen LogP contribution is 2.34. The van der Waals surface area contributed by atoms with Crippen molar-refractivity contribution in [2.75, 3.05) is 11.9 Å². The van der Waals surface area contributed by atoms with E-state index in [1.165, 1.54) is 0 Å². The third kappa shape index (κ3) is 4.70. The molecule has 0 aliphatic heterocycles. The van der Waals surface area contributed by atoms with Gasteiger partial charge >= 0.3 is 0 Å². The van der Waals surface area contributed by atoms with Gasteiger partial charge in [-0.2, -0.15) is 0 Å². The Balaban J connectivity index is 2.06. The smallest absolute Gasteiger partial charge is 0.119 e. The van der Waals surface area contributed by atoms with Crippen LogP contribution < -0.4 is 10.1 Å². The third-order valence-corrected chi connectivity index (χ3v) is 3.66. The second-order valence-corrected chi connectivity index (χ2v) is 5.84. The number of anilines is 1. The first-order valence-corrected chi connectivity index (χ1v) is 7.83. The van der Waals surface area contributed by atoms with Crippen molar-refractivity contribution in [3.63, 3.8) is 0 Å². The Labute approximate surface area is 140 Å². The summed E-state index contributed by atoms with van der Waals surface area (Å²) in [5.74, 6) is 0.865. The predicted molar refractivity (Wildman–Crippen MR) is 91.0 cm³/mol. The first kappa shape index (κ1) is 16.3. The van der Waals surface area contributed by atoms with Crippen LogP contribution in [0.2, 0.25) is 15.1 Å². The highest BCUT2D eigenvalue weighted by Gasteiger charge is 2.07. The molecule has 0 aromatic heterocycles. The number of hydrogen-bond donors (Lipinski definition) is 1. The summed E-state index contributed by atoms with van der Waals surface area (Å²) < 4.78 is 5.61. The number of halogens is 3. The Bertz CT molecular complexity index is 593. The fraction of sp³-hybridized carbons (Fsp3) is 0.250. The quantitative estimate of drug-likeness (QED) is 0.689. The lowest BCUT2D eigenvalue weighted by atomic mass is 10.2. The van der Waals surface area contributed by atoms with Crippen LogP contribution in [0.3, 0.4) is 0 Å². The molecule has 1 N–H and O–H groups in total. The van der Waals surface area contributed by atoms with Gasteiger partial charge in [0.15, 0.2) is 0 Å². The van der Waals surface area contributed by atoms with Gasteiger partial charge in [-0.3, -0.25) is 0 Å². The van der Waals surface area contributed by atoms with E-state index in [9.17, 15) is 0 Å². The molecular weight excluding hydrogens is 329 g/mol. The molecule has 112 valence electrons. The lowest BCUT2D eigenvalue weighted by Crippen LogP contribution is -2.02. The van der Waals surface area contributed by atoms with E-state index in [4.69, 9.17) is 39.5 Å². The average Bonchev–Trinajstić information content (AvgIpc) is 2.44. The predicted octanol–water partition coefficient (Wildman–Crippen LogP) is 6.05. The van der Waals surface area contributed by atoms with E-state index in [-0.39, 0.29) is 0 Å². The van der Waals surface area contributed by atoms with Crippen LogP contribution >= 0.6 is 34.8 Å². The van der Waals surface area contributed by atoms with E-state index in [1.807, 2.05) is 24.3 Å². The molecule has 2 rings (SSSR count). The third-order valence-electron chi connectivity index (χ3n) is 2.85. The fourth-order valence-corrected chi connectivity index (χ4v) is 2.82. The maximum absolute atomic E-state index is 6.14. The molecule has 0 heterocycles. The highest BCUT2D eigenvalue weighted by atomic mass is 35.5. The van der Waals surface area contributed by atoms with Gasteiger partial charge in [-0.15, -0.1) is 0 Å². The lowest BCUT2D eigenvalue weighted by Gasteiger charge is -2.12. The molecule has 0 radical (unpaired) electrons. The molecule has 0 saturated carbocycles. The van der Waals surface area contributed by atoms with E-state index < -0.39 is 0 Å². The molecule has 21 heavy (non-hydrogen) atoms. The molecule has 0 aliphatic rings. The number of benzene rings is 2. The average molecular weight is 345 g/mol. The Hall–Kier alpha value is -1.09. The van der Waals surface area contributed by atoms with Gasteiger partial charge in [0.25, 0.3) is 0 Å². The molecule has 2 aromatic carbocycles. The summed E-state index contributed by atoms with van der Waals surface area (Å²) in [4.78, 5) is 0. The van der Waals surface area contributed by atoms with E-state index >= 15 is 0 Å². The second-order valence-electron chi connectivity index (χ2n) is 4.59. The standard InChI is InChI=1S/C16H16Cl3NO/c1-2-6-21-13-5-3-4-11(7-13)10-20-16-14(18)8-12(17)9-15(16)19/h3-5,7-9,20H,2,6,10H2,1H3. The summed E-state index contributed by atoms with van der Waals surface area (Å²) >= 11 is 18.2. The molecule has 2 aromatic rings. The minimum Gasteiger partial charge on any atom is -0.494 e. The number of nitrogens with one attached hydrogen (secondary N) is 1. The number of rotatable bonds is 6. The van der Waals surface area contributed by atoms with Crippen LogP contribution in [0.5, 0.6) is 5.75 Å². The molecule has 5 heteroatoms. The van der Waals surface area contributed by atoms with E-state index in [1.54, 1.807) is 12.1 Å². The molecule has 0 bridgehead atoms. The minimum atomic E-state index is 0.505. The van der Waals surface area contributed by atoms with Crippen molar-refractivity contribution in [1.82, 2.24) is 0 Å². The topological polar surface area (TPSA) is 21.3 Å². The van der Waals surface area contributed by atoms with Crippen molar-refractivity contribution in [2.45, 2.75) is 19.9 Å². The zero-order valence-electron chi connectivity index (χ0n) is 11.6. The zero-order chi connectivity index (χ0) is 15.2. The highest BCUT2D eigenvalue weighted by molar-refractivity contribution is 6.41. The molecule has 0 unspecified atom stereocenters. The summed E-state index contributed by atoms with van der Waals surface area (Å²) in [6, 6.07) is 11.3. The Kier molecular flexibility index (Phi) is 6.04.